The van der Waals surface area contributed by atoms with E-state index in [-0.39, 0.29) is 22.8 Å². The van der Waals surface area contributed by atoms with Crippen molar-refractivity contribution in [3.05, 3.63) is 70.8 Å². The summed E-state index contributed by atoms with van der Waals surface area (Å²) in [6, 6.07) is 9.63. The maximum atomic E-state index is 12.4. The lowest BCUT2D eigenvalue weighted by molar-refractivity contribution is 0.104. The topological polar surface area (TPSA) is 66.8 Å². The number of carbonyl (C=O) groups excluding carboxylic acids is 1. The van der Waals surface area contributed by atoms with Gasteiger partial charge >= 0.3 is 0 Å². The van der Waals surface area contributed by atoms with Gasteiger partial charge in [0.15, 0.2) is 5.78 Å². The molecule has 0 aliphatic carbocycles. The van der Waals surface area contributed by atoms with E-state index >= 15 is 0 Å². The van der Waals surface area contributed by atoms with E-state index < -0.39 is 0 Å². The van der Waals surface area contributed by atoms with Crippen LogP contribution in [0.3, 0.4) is 0 Å². The van der Waals surface area contributed by atoms with Crippen LogP contribution in [0.4, 0.5) is 0 Å². The number of carbonyl (C=O) groups is 1. The zero-order valence-electron chi connectivity index (χ0n) is 14.6. The molecule has 0 atom stereocenters. The Kier molecular flexibility index (Phi) is 6.01. The van der Waals surface area contributed by atoms with Crippen molar-refractivity contribution < 1.29 is 19.7 Å². The van der Waals surface area contributed by atoms with E-state index in [9.17, 15) is 15.0 Å². The Bertz CT molecular complexity index is 811. The number of methoxy groups -OCH3 is 1. The minimum atomic E-state index is -0.299. The van der Waals surface area contributed by atoms with E-state index in [1.165, 1.54) is 19.3 Å². The summed E-state index contributed by atoms with van der Waals surface area (Å²) < 4.78 is 5.29. The highest BCUT2D eigenvalue weighted by Crippen LogP contribution is 2.30. The van der Waals surface area contributed by atoms with Crippen molar-refractivity contribution in [1.82, 2.24) is 0 Å². The van der Waals surface area contributed by atoms with Gasteiger partial charge in [0.1, 0.15) is 17.2 Å². The molecule has 0 fully saturated rings. The predicted molar refractivity (Wildman–Crippen MR) is 99.3 cm³/mol. The Hall–Kier alpha value is -3.01. The summed E-state index contributed by atoms with van der Waals surface area (Å²) >= 11 is 0. The van der Waals surface area contributed by atoms with Gasteiger partial charge in [0.25, 0.3) is 0 Å². The van der Waals surface area contributed by atoms with Crippen LogP contribution in [0.2, 0.25) is 0 Å². The van der Waals surface area contributed by atoms with Crippen LogP contribution in [-0.2, 0) is 6.42 Å². The van der Waals surface area contributed by atoms with Crippen molar-refractivity contribution in [2.75, 3.05) is 7.11 Å². The molecule has 0 heterocycles. The van der Waals surface area contributed by atoms with Gasteiger partial charge in [0.2, 0.25) is 0 Å². The lowest BCUT2D eigenvalue weighted by Crippen LogP contribution is -1.99. The van der Waals surface area contributed by atoms with E-state index in [1.54, 1.807) is 36.4 Å². The highest BCUT2D eigenvalue weighted by molar-refractivity contribution is 6.08. The normalized spacial score (nSPS) is 10.7. The second-order valence-corrected chi connectivity index (χ2v) is 5.96. The quantitative estimate of drug-likeness (QED) is 0.462. The standard InChI is InChI=1S/C21H22O4/c1-14(2)4-8-16-12-18(20(24)13-21(16)25-3)19(23)11-7-15-5-9-17(22)10-6-15/h4-7,9-13,22,24H,8H2,1-3H3. The molecule has 0 saturated carbocycles. The van der Waals surface area contributed by atoms with Crippen molar-refractivity contribution in [1.29, 1.82) is 0 Å². The fourth-order valence-electron chi connectivity index (χ4n) is 2.32. The molecule has 0 aromatic heterocycles. The number of hydrogen-bond donors (Lipinski definition) is 2. The van der Waals surface area contributed by atoms with E-state index in [1.807, 2.05) is 19.9 Å². The third-order valence-corrected chi connectivity index (χ3v) is 3.71. The number of phenols is 2. The minimum Gasteiger partial charge on any atom is -0.508 e. The van der Waals surface area contributed by atoms with Crippen molar-refractivity contribution in [2.24, 2.45) is 0 Å². The Morgan fingerprint density at radius 3 is 2.40 bits per heavy atom. The van der Waals surface area contributed by atoms with E-state index in [4.69, 9.17) is 4.74 Å². The van der Waals surface area contributed by atoms with Crippen LogP contribution in [0, 0.1) is 0 Å². The number of ether oxygens (including phenoxy) is 1. The number of phenolic OH excluding ortho intramolecular Hbond substituents is 2. The molecule has 2 aromatic carbocycles. The maximum Gasteiger partial charge on any atom is 0.189 e. The average molecular weight is 338 g/mol. The van der Waals surface area contributed by atoms with Gasteiger partial charge in [-0.15, -0.1) is 0 Å². The maximum absolute atomic E-state index is 12.4. The molecule has 0 radical (unpaired) electrons. The fourth-order valence-corrected chi connectivity index (χ4v) is 2.32. The average Bonchev–Trinajstić information content (AvgIpc) is 2.59. The third kappa shape index (κ3) is 4.98. The Morgan fingerprint density at radius 2 is 1.80 bits per heavy atom. The minimum absolute atomic E-state index is 0.113. The first kappa shape index (κ1) is 18.3. The number of hydrogen-bond acceptors (Lipinski definition) is 4. The van der Waals surface area contributed by atoms with Crippen LogP contribution in [0.25, 0.3) is 6.08 Å². The summed E-state index contributed by atoms with van der Waals surface area (Å²) in [6.07, 6.45) is 5.70. The molecular weight excluding hydrogens is 316 g/mol. The molecule has 4 heteroatoms. The first-order valence-electron chi connectivity index (χ1n) is 7.95. The second kappa shape index (κ2) is 8.20. The Morgan fingerprint density at radius 1 is 1.12 bits per heavy atom. The van der Waals surface area contributed by atoms with Crippen molar-refractivity contribution >= 4 is 11.9 Å². The monoisotopic (exact) mass is 338 g/mol. The van der Waals surface area contributed by atoms with Gasteiger partial charge in [-0.3, -0.25) is 4.79 Å². The van der Waals surface area contributed by atoms with Gasteiger partial charge in [0.05, 0.1) is 12.7 Å². The molecule has 4 nitrogen and oxygen atoms in total. The molecule has 0 aliphatic rings. The van der Waals surface area contributed by atoms with E-state index in [0.717, 1.165) is 16.7 Å². The van der Waals surface area contributed by atoms with Gasteiger partial charge in [0, 0.05) is 6.07 Å². The van der Waals surface area contributed by atoms with Crippen molar-refractivity contribution in [2.45, 2.75) is 20.3 Å². The van der Waals surface area contributed by atoms with Gasteiger partial charge in [-0.2, -0.15) is 0 Å². The van der Waals surface area contributed by atoms with Crippen molar-refractivity contribution in [3.63, 3.8) is 0 Å². The molecule has 0 unspecified atom stereocenters. The number of benzene rings is 2. The first-order chi connectivity index (χ1) is 11.9. The Labute approximate surface area is 147 Å². The molecule has 2 N–H and O–H groups in total. The van der Waals surface area contributed by atoms with Gasteiger partial charge in [-0.25, -0.2) is 0 Å². The first-order valence-corrected chi connectivity index (χ1v) is 7.95. The SMILES string of the molecule is COc1cc(O)c(C(=O)C=Cc2ccc(O)cc2)cc1CC=C(C)C. The van der Waals surface area contributed by atoms with Crippen molar-refractivity contribution in [3.8, 4) is 17.2 Å². The number of ketones is 1. The number of rotatable bonds is 6. The zero-order valence-corrected chi connectivity index (χ0v) is 14.6. The summed E-state index contributed by atoms with van der Waals surface area (Å²) in [7, 11) is 1.53. The highest BCUT2D eigenvalue weighted by Gasteiger charge is 2.13. The third-order valence-electron chi connectivity index (χ3n) is 3.71. The summed E-state index contributed by atoms with van der Waals surface area (Å²) in [5.41, 5.74) is 3.01. The molecule has 25 heavy (non-hydrogen) atoms. The smallest absolute Gasteiger partial charge is 0.189 e. The molecule has 2 aromatic rings. The molecule has 2 rings (SSSR count). The highest BCUT2D eigenvalue weighted by atomic mass is 16.5. The summed E-state index contributed by atoms with van der Waals surface area (Å²) in [6.45, 7) is 4.00. The number of aromatic hydroxyl groups is 2. The van der Waals surface area contributed by atoms with E-state index in [2.05, 4.69) is 0 Å². The van der Waals surface area contributed by atoms with Gasteiger partial charge in [-0.05, 0) is 55.7 Å². The van der Waals surface area contributed by atoms with Crippen LogP contribution >= 0.6 is 0 Å². The summed E-state index contributed by atoms with van der Waals surface area (Å²) in [4.78, 5) is 12.4. The molecule has 0 aliphatic heterocycles. The lowest BCUT2D eigenvalue weighted by Gasteiger charge is -2.10. The van der Waals surface area contributed by atoms with E-state index in [0.29, 0.717) is 12.2 Å². The van der Waals surface area contributed by atoms with Gasteiger partial charge < -0.3 is 14.9 Å². The number of allylic oxidation sites excluding steroid dienone is 3. The predicted octanol–water partition coefficient (Wildman–Crippen LogP) is 4.51. The van der Waals surface area contributed by atoms with Gasteiger partial charge in [-0.1, -0.05) is 29.9 Å². The Balaban J connectivity index is 2.30. The van der Waals surface area contributed by atoms with Crippen LogP contribution in [0.5, 0.6) is 17.2 Å². The molecule has 0 spiro atoms. The summed E-state index contributed by atoms with van der Waals surface area (Å²) in [5.74, 6) is 0.305. The molecule has 0 saturated heterocycles. The zero-order chi connectivity index (χ0) is 18.4. The van der Waals surface area contributed by atoms with Crippen LogP contribution in [0.1, 0.15) is 35.3 Å². The molecule has 0 bridgehead atoms. The lowest BCUT2D eigenvalue weighted by atomic mass is 10.0. The van der Waals surface area contributed by atoms with Crippen LogP contribution < -0.4 is 4.74 Å². The summed E-state index contributed by atoms with van der Waals surface area (Å²) in [5, 5.41) is 19.4. The molecule has 0 amide bonds. The van der Waals surface area contributed by atoms with Crippen LogP contribution in [0.15, 0.2) is 54.1 Å². The second-order valence-electron chi connectivity index (χ2n) is 5.96. The molecule has 130 valence electrons. The fraction of sp³-hybridized carbons (Fsp3) is 0.190. The largest absolute Gasteiger partial charge is 0.508 e. The molecular formula is C21H22O4. The van der Waals surface area contributed by atoms with Crippen LogP contribution in [-0.4, -0.2) is 23.1 Å².